The van der Waals surface area contributed by atoms with Crippen molar-refractivity contribution < 1.29 is 38.1 Å². The molecule has 16 nitrogen and oxygen atoms in total. The minimum Gasteiger partial charge on any atom is -0.453 e. The fourth-order valence-electron chi connectivity index (χ4n) is 7.71. The number of hydrogen-bond donors (Lipinski definition) is 4. The molecule has 4 heterocycles. The van der Waals surface area contributed by atoms with Crippen LogP contribution in [0.1, 0.15) is 64.1 Å². The summed E-state index contributed by atoms with van der Waals surface area (Å²) in [6, 6.07) is 14.3. The Balaban J connectivity index is 1.13. The number of aromatic nitrogens is 4. The molecule has 6 atom stereocenters. The predicted octanol–water partition coefficient (Wildman–Crippen LogP) is 5.15. The van der Waals surface area contributed by atoms with Crippen molar-refractivity contribution in [2.75, 3.05) is 41.5 Å². The van der Waals surface area contributed by atoms with Crippen molar-refractivity contribution in [1.82, 2.24) is 40.4 Å². The minimum atomic E-state index is -0.920. The van der Waals surface area contributed by atoms with Gasteiger partial charge in [0.15, 0.2) is 0 Å². The van der Waals surface area contributed by atoms with Gasteiger partial charge in [-0.3, -0.25) is 9.59 Å². The van der Waals surface area contributed by atoms with Crippen molar-refractivity contribution in [2.45, 2.75) is 82.3 Å². The molecule has 0 saturated carbocycles. The molecule has 0 bridgehead atoms. The molecule has 2 aliphatic heterocycles. The van der Waals surface area contributed by atoms with Crippen LogP contribution < -0.4 is 10.6 Å². The van der Waals surface area contributed by atoms with Gasteiger partial charge in [-0.1, -0.05) is 48.5 Å². The van der Waals surface area contributed by atoms with Crippen LogP contribution in [0.3, 0.4) is 0 Å². The number of imidazole rings is 2. The van der Waals surface area contributed by atoms with Gasteiger partial charge in [0, 0.05) is 27.3 Å². The number of carbonyl (C=O) groups excluding carboxylic acids is 4. The zero-order chi connectivity index (χ0) is 40.9. The maximum absolute atomic E-state index is 13.8. The molecule has 0 aliphatic carbocycles. The topological polar surface area (TPSA) is 193 Å². The van der Waals surface area contributed by atoms with E-state index in [1.54, 1.807) is 36.0 Å². The highest BCUT2D eigenvalue weighted by atomic mass is 16.5. The summed E-state index contributed by atoms with van der Waals surface area (Å²) in [5, 5.41) is 5.25. The number of rotatable bonds is 13. The van der Waals surface area contributed by atoms with Crippen LogP contribution in [0.5, 0.6) is 0 Å². The third-order valence-electron chi connectivity index (χ3n) is 11.3. The second-order valence-corrected chi connectivity index (χ2v) is 14.6. The van der Waals surface area contributed by atoms with Gasteiger partial charge < -0.3 is 49.3 Å². The molecular weight excluding hydrogens is 732 g/mol. The Bertz CT molecular complexity index is 2030. The summed E-state index contributed by atoms with van der Waals surface area (Å²) in [6.07, 6.45) is 4.06. The van der Waals surface area contributed by atoms with E-state index in [-0.39, 0.29) is 17.9 Å². The first kappa shape index (κ1) is 40.9. The number of aromatic amines is 2. The molecule has 2 aliphatic rings. The molecule has 4 amide bonds. The smallest absolute Gasteiger partial charge is 0.407 e. The van der Waals surface area contributed by atoms with Crippen molar-refractivity contribution in [3.8, 4) is 33.6 Å². The van der Waals surface area contributed by atoms with Crippen molar-refractivity contribution in [3.63, 3.8) is 0 Å². The van der Waals surface area contributed by atoms with E-state index in [0.717, 1.165) is 52.9 Å². The minimum absolute atomic E-state index is 0.252. The molecule has 2 aromatic heterocycles. The SMILES string of the molecule is COC(=O)N[C@H](C(=O)N1CCCC1c1ncc(-c2ccc(-c3ccc(-c4cnc([C@]5(C)CCCN5C(=O)[C@@H](NC(=O)OC)[C@@H](C)OC)[nH]4)cc3)cc2)[nH]1)[C@@H](C)OC. The number of carbonyl (C=O) groups is 4. The Kier molecular flexibility index (Phi) is 12.6. The van der Waals surface area contributed by atoms with Gasteiger partial charge >= 0.3 is 12.2 Å². The van der Waals surface area contributed by atoms with Gasteiger partial charge in [0.05, 0.1) is 61.8 Å². The lowest BCUT2D eigenvalue weighted by Crippen LogP contribution is -2.57. The first-order valence-electron chi connectivity index (χ1n) is 19.1. The molecule has 6 rings (SSSR count). The summed E-state index contributed by atoms with van der Waals surface area (Å²) in [4.78, 5) is 71.3. The second-order valence-electron chi connectivity index (χ2n) is 14.6. The van der Waals surface area contributed by atoms with Crippen LogP contribution in [0.25, 0.3) is 33.6 Å². The molecule has 4 aromatic rings. The summed E-state index contributed by atoms with van der Waals surface area (Å²) in [6.45, 7) is 6.50. The van der Waals surface area contributed by atoms with E-state index >= 15 is 0 Å². The summed E-state index contributed by atoms with van der Waals surface area (Å²) in [7, 11) is 5.50. The Hall–Kier alpha value is -5.74. The maximum atomic E-state index is 13.8. The molecule has 0 radical (unpaired) electrons. The van der Waals surface area contributed by atoms with E-state index in [2.05, 4.69) is 49.9 Å². The second kappa shape index (κ2) is 17.6. The van der Waals surface area contributed by atoms with Crippen LogP contribution in [0, 0.1) is 0 Å². The number of benzene rings is 2. The average molecular weight is 785 g/mol. The number of H-pyrrole nitrogens is 2. The lowest BCUT2D eigenvalue weighted by molar-refractivity contribution is -0.141. The summed E-state index contributed by atoms with van der Waals surface area (Å²) in [5.74, 6) is 0.833. The first-order chi connectivity index (χ1) is 27.4. The van der Waals surface area contributed by atoms with Crippen molar-refractivity contribution >= 4 is 24.0 Å². The zero-order valence-electron chi connectivity index (χ0n) is 33.5. The Morgan fingerprint density at radius 3 is 1.77 bits per heavy atom. The van der Waals surface area contributed by atoms with E-state index in [0.29, 0.717) is 31.2 Å². The molecule has 1 unspecified atom stereocenters. The molecule has 2 saturated heterocycles. The molecule has 2 fully saturated rings. The van der Waals surface area contributed by atoms with E-state index < -0.39 is 42.0 Å². The highest BCUT2D eigenvalue weighted by Crippen LogP contribution is 2.39. The predicted molar refractivity (Wildman–Crippen MR) is 211 cm³/mol. The van der Waals surface area contributed by atoms with E-state index in [9.17, 15) is 19.2 Å². The molecule has 0 spiro atoms. The fourth-order valence-corrected chi connectivity index (χ4v) is 7.71. The average Bonchev–Trinajstić information content (AvgIpc) is 4.08. The van der Waals surface area contributed by atoms with Gasteiger partial charge in [-0.15, -0.1) is 0 Å². The van der Waals surface area contributed by atoms with Gasteiger partial charge in [-0.2, -0.15) is 0 Å². The van der Waals surface area contributed by atoms with Gasteiger partial charge in [-0.05, 0) is 68.7 Å². The van der Waals surface area contributed by atoms with Gasteiger partial charge in [0.25, 0.3) is 0 Å². The van der Waals surface area contributed by atoms with Crippen molar-refractivity contribution in [2.24, 2.45) is 0 Å². The van der Waals surface area contributed by atoms with Crippen LogP contribution in [0.4, 0.5) is 9.59 Å². The largest absolute Gasteiger partial charge is 0.453 e. The summed E-state index contributed by atoms with van der Waals surface area (Å²) >= 11 is 0. The van der Waals surface area contributed by atoms with Crippen LogP contribution in [0.2, 0.25) is 0 Å². The van der Waals surface area contributed by atoms with Gasteiger partial charge in [-0.25, -0.2) is 19.6 Å². The highest BCUT2D eigenvalue weighted by Gasteiger charge is 2.46. The van der Waals surface area contributed by atoms with E-state index in [1.165, 1.54) is 28.4 Å². The quantitative estimate of drug-likeness (QED) is 0.141. The number of nitrogens with one attached hydrogen (secondary N) is 4. The zero-order valence-corrected chi connectivity index (χ0v) is 33.5. The molecule has 57 heavy (non-hydrogen) atoms. The molecular formula is C41H52N8O8. The maximum Gasteiger partial charge on any atom is 0.407 e. The Morgan fingerprint density at radius 1 is 0.719 bits per heavy atom. The number of hydrogen-bond acceptors (Lipinski definition) is 10. The highest BCUT2D eigenvalue weighted by molar-refractivity contribution is 5.88. The molecule has 304 valence electrons. The van der Waals surface area contributed by atoms with Gasteiger partial charge in [0.2, 0.25) is 11.8 Å². The van der Waals surface area contributed by atoms with Gasteiger partial charge in [0.1, 0.15) is 23.7 Å². The van der Waals surface area contributed by atoms with Crippen LogP contribution in [0.15, 0.2) is 60.9 Å². The number of methoxy groups -OCH3 is 4. The van der Waals surface area contributed by atoms with Crippen molar-refractivity contribution in [1.29, 1.82) is 0 Å². The first-order valence-corrected chi connectivity index (χ1v) is 19.1. The normalized spacial score (nSPS) is 20.1. The number of ether oxygens (including phenoxy) is 4. The lowest BCUT2D eigenvalue weighted by Gasteiger charge is -2.37. The van der Waals surface area contributed by atoms with E-state index in [1.807, 2.05) is 31.2 Å². The monoisotopic (exact) mass is 784 g/mol. The number of likely N-dealkylation sites (tertiary alicyclic amines) is 2. The van der Waals surface area contributed by atoms with Crippen LogP contribution in [-0.4, -0.2) is 120 Å². The third kappa shape index (κ3) is 8.51. The fraction of sp³-hybridized carbons (Fsp3) is 0.463. The summed E-state index contributed by atoms with van der Waals surface area (Å²) in [5.41, 5.74) is 4.90. The summed E-state index contributed by atoms with van der Waals surface area (Å²) < 4.78 is 20.3. The Labute approximate surface area is 332 Å². The van der Waals surface area contributed by atoms with Crippen molar-refractivity contribution in [3.05, 3.63) is 72.6 Å². The van der Waals surface area contributed by atoms with Crippen LogP contribution >= 0.6 is 0 Å². The molecule has 4 N–H and O–H groups in total. The standard InChI is InChI=1S/C41H52N8O8/c1-24(54-4)33(46-39(52)56-6)36(50)48-20-8-10-32(48)35-42-22-30(44-35)28-15-11-26(12-16-28)27-13-17-29(18-14-27)31-23-43-38(45-31)41(3)19-9-21-49(41)37(51)34(25(2)55-5)47-40(53)57-7/h11-18,22-25,32-34H,8-10,19-21H2,1-7H3,(H,42,44)(H,43,45)(H,46,52)(H,47,53)/t24-,25-,32?,33+,34+,41+/m1/s1. The molecule has 16 heteroatoms. The van der Waals surface area contributed by atoms with Crippen LogP contribution in [-0.2, 0) is 34.1 Å². The number of alkyl carbamates (subject to hydrolysis) is 2. The third-order valence-corrected chi connectivity index (χ3v) is 11.3. The number of amides is 4. The Morgan fingerprint density at radius 2 is 1.23 bits per heavy atom. The lowest BCUT2D eigenvalue weighted by atomic mass is 9.96. The van der Waals surface area contributed by atoms with E-state index in [4.69, 9.17) is 23.9 Å². The number of nitrogens with zero attached hydrogens (tertiary/aromatic N) is 4. The molecule has 2 aromatic carbocycles.